The van der Waals surface area contributed by atoms with Crippen LogP contribution in [-0.4, -0.2) is 32.7 Å². The van der Waals surface area contributed by atoms with E-state index in [9.17, 15) is 14.3 Å². The molecule has 6 nitrogen and oxygen atoms in total. The number of benzene rings is 2. The van der Waals surface area contributed by atoms with E-state index in [1.165, 1.54) is 29.5 Å². The van der Waals surface area contributed by atoms with Gasteiger partial charge < -0.3 is 14.4 Å². The summed E-state index contributed by atoms with van der Waals surface area (Å²) in [5, 5.41) is 13.4. The normalized spacial score (nSPS) is 11.3. The summed E-state index contributed by atoms with van der Waals surface area (Å²) < 4.78 is 21.7. The Morgan fingerprint density at radius 3 is 2.74 bits per heavy atom. The predicted molar refractivity (Wildman–Crippen MR) is 118 cm³/mol. The zero-order valence-electron chi connectivity index (χ0n) is 16.6. The van der Waals surface area contributed by atoms with E-state index >= 15 is 0 Å². The number of ether oxygens (including phenoxy) is 1. The van der Waals surface area contributed by atoms with Gasteiger partial charge in [0.25, 0.3) is 0 Å². The van der Waals surface area contributed by atoms with Crippen molar-refractivity contribution in [1.29, 1.82) is 0 Å². The van der Waals surface area contributed by atoms with Crippen LogP contribution in [0.4, 0.5) is 4.39 Å². The third kappa shape index (κ3) is 3.03. The fourth-order valence-corrected chi connectivity index (χ4v) is 4.70. The number of carboxylic acid groups (broad SMARTS) is 1. The van der Waals surface area contributed by atoms with E-state index in [2.05, 4.69) is 4.98 Å². The maximum absolute atomic E-state index is 14.1. The minimum atomic E-state index is -1.09. The molecule has 5 rings (SSSR count). The van der Waals surface area contributed by atoms with Crippen LogP contribution in [0.25, 0.3) is 43.8 Å². The number of aromatic carboxylic acids is 1. The molecule has 154 valence electrons. The Morgan fingerprint density at radius 1 is 1.13 bits per heavy atom. The summed E-state index contributed by atoms with van der Waals surface area (Å²) in [4.78, 5) is 20.1. The van der Waals surface area contributed by atoms with Crippen molar-refractivity contribution in [1.82, 2.24) is 14.5 Å². The molecule has 8 heteroatoms. The second-order valence-corrected chi connectivity index (χ2v) is 7.87. The molecule has 5 aromatic rings. The van der Waals surface area contributed by atoms with Crippen LogP contribution < -0.4 is 4.74 Å². The van der Waals surface area contributed by atoms with Crippen molar-refractivity contribution in [2.45, 2.75) is 0 Å². The molecule has 0 spiro atoms. The van der Waals surface area contributed by atoms with Crippen molar-refractivity contribution in [3.63, 3.8) is 0 Å². The van der Waals surface area contributed by atoms with E-state index < -0.39 is 5.97 Å². The zero-order valence-corrected chi connectivity index (χ0v) is 17.4. The van der Waals surface area contributed by atoms with Crippen molar-refractivity contribution in [3.8, 4) is 27.7 Å². The van der Waals surface area contributed by atoms with E-state index in [0.29, 0.717) is 17.1 Å². The third-order valence-electron chi connectivity index (χ3n) is 5.25. The molecule has 0 unspecified atom stereocenters. The van der Waals surface area contributed by atoms with Crippen LogP contribution in [0.3, 0.4) is 0 Å². The largest absolute Gasteiger partial charge is 0.495 e. The van der Waals surface area contributed by atoms with Gasteiger partial charge in [-0.3, -0.25) is 0 Å². The first-order valence-electron chi connectivity index (χ1n) is 9.39. The molecule has 0 fully saturated rings. The summed E-state index contributed by atoms with van der Waals surface area (Å²) in [6.07, 6.45) is 0. The van der Waals surface area contributed by atoms with Crippen molar-refractivity contribution < 1.29 is 19.0 Å². The molecular formula is C23H16FN3O3S. The number of carboxylic acids is 1. The average molecular weight is 433 g/mol. The fraction of sp³-hybridized carbons (Fsp3) is 0.0870. The molecule has 0 aliphatic rings. The molecule has 0 saturated carbocycles. The Balaban J connectivity index is 1.74. The van der Waals surface area contributed by atoms with Crippen molar-refractivity contribution in [2.75, 3.05) is 7.11 Å². The molecule has 3 aromatic heterocycles. The lowest BCUT2D eigenvalue weighted by atomic mass is 10.1. The standard InChI is InChI=1S/C23H16FN3O3S/c1-27-18-8-6-12(24)10-14(18)20-13(7-9-19(30-2)21(20)27)22-26-17(11-31-22)15-4-3-5-16(25-15)23(28)29/h3-11H,1-2H3,(H,28,29). The van der Waals surface area contributed by atoms with Crippen molar-refractivity contribution in [2.24, 2.45) is 7.05 Å². The number of methoxy groups -OCH3 is 1. The monoisotopic (exact) mass is 433 g/mol. The smallest absolute Gasteiger partial charge is 0.354 e. The number of fused-ring (bicyclic) bond motifs is 3. The molecule has 0 saturated heterocycles. The van der Waals surface area contributed by atoms with Gasteiger partial charge in [0.2, 0.25) is 0 Å². The predicted octanol–water partition coefficient (Wildman–Crippen LogP) is 5.36. The zero-order chi connectivity index (χ0) is 21.7. The Bertz CT molecular complexity index is 1490. The number of nitrogens with zero attached hydrogens (tertiary/aromatic N) is 3. The minimum Gasteiger partial charge on any atom is -0.495 e. The number of rotatable bonds is 4. The first-order valence-corrected chi connectivity index (χ1v) is 10.3. The topological polar surface area (TPSA) is 77.2 Å². The van der Waals surface area contributed by atoms with Gasteiger partial charge in [-0.1, -0.05) is 6.07 Å². The van der Waals surface area contributed by atoms with Gasteiger partial charge in [-0.25, -0.2) is 19.2 Å². The molecule has 0 bridgehead atoms. The van der Waals surface area contributed by atoms with E-state index in [1.807, 2.05) is 29.1 Å². The van der Waals surface area contributed by atoms with Gasteiger partial charge in [0.05, 0.1) is 18.3 Å². The van der Waals surface area contributed by atoms with Crippen LogP contribution >= 0.6 is 11.3 Å². The summed E-state index contributed by atoms with van der Waals surface area (Å²) in [5.74, 6) is -0.722. The van der Waals surface area contributed by atoms with Gasteiger partial charge in [-0.2, -0.15) is 0 Å². The van der Waals surface area contributed by atoms with Gasteiger partial charge in [-0.15, -0.1) is 11.3 Å². The summed E-state index contributed by atoms with van der Waals surface area (Å²) in [5.41, 5.74) is 3.61. The third-order valence-corrected chi connectivity index (χ3v) is 6.13. The number of aromatic nitrogens is 3. The van der Waals surface area contributed by atoms with E-state index in [0.717, 1.165) is 32.4 Å². The van der Waals surface area contributed by atoms with Crippen LogP contribution in [0, 0.1) is 5.82 Å². The highest BCUT2D eigenvalue weighted by Gasteiger charge is 2.20. The van der Waals surface area contributed by atoms with E-state index in [4.69, 9.17) is 9.72 Å². The van der Waals surface area contributed by atoms with Crippen LogP contribution in [0.2, 0.25) is 0 Å². The quantitative estimate of drug-likeness (QED) is 0.413. The molecule has 0 atom stereocenters. The second-order valence-electron chi connectivity index (χ2n) is 7.01. The number of pyridine rings is 1. The highest BCUT2D eigenvalue weighted by atomic mass is 32.1. The Labute approximate surface area is 180 Å². The van der Waals surface area contributed by atoms with E-state index in [-0.39, 0.29) is 11.5 Å². The van der Waals surface area contributed by atoms with Crippen LogP contribution in [0.15, 0.2) is 53.9 Å². The van der Waals surface area contributed by atoms with E-state index in [1.54, 1.807) is 25.3 Å². The van der Waals surface area contributed by atoms with Crippen molar-refractivity contribution in [3.05, 3.63) is 65.4 Å². The highest BCUT2D eigenvalue weighted by Crippen LogP contribution is 2.42. The number of thiazole rings is 1. The lowest BCUT2D eigenvalue weighted by Crippen LogP contribution is -2.00. The van der Waals surface area contributed by atoms with Gasteiger partial charge in [0.15, 0.2) is 0 Å². The maximum Gasteiger partial charge on any atom is 0.354 e. The van der Waals surface area contributed by atoms with Gasteiger partial charge in [0.1, 0.15) is 28.0 Å². The summed E-state index contributed by atoms with van der Waals surface area (Å²) >= 11 is 1.42. The first kappa shape index (κ1) is 19.2. The molecule has 1 N–H and O–H groups in total. The summed E-state index contributed by atoms with van der Waals surface area (Å²) in [6, 6.07) is 13.3. The van der Waals surface area contributed by atoms with Crippen LogP contribution in [0.1, 0.15) is 10.5 Å². The minimum absolute atomic E-state index is 0.0385. The van der Waals surface area contributed by atoms with Crippen LogP contribution in [0.5, 0.6) is 5.75 Å². The van der Waals surface area contributed by atoms with Crippen LogP contribution in [-0.2, 0) is 7.05 Å². The lowest BCUT2D eigenvalue weighted by Gasteiger charge is -2.08. The van der Waals surface area contributed by atoms with Crippen molar-refractivity contribution >= 4 is 39.1 Å². The first-order chi connectivity index (χ1) is 15.0. The summed E-state index contributed by atoms with van der Waals surface area (Å²) in [6.45, 7) is 0. The van der Waals surface area contributed by atoms with Gasteiger partial charge in [-0.05, 0) is 42.5 Å². The molecule has 0 amide bonds. The molecule has 0 aliphatic heterocycles. The fourth-order valence-electron chi connectivity index (χ4n) is 3.85. The number of aryl methyl sites for hydroxylation is 1. The number of halogens is 1. The molecule has 0 radical (unpaired) electrons. The average Bonchev–Trinajstić information content (AvgIpc) is 3.37. The SMILES string of the molecule is COc1ccc(-c2nc(-c3cccc(C(=O)O)n3)cs2)c2c3cc(F)ccc3n(C)c12. The number of hydrogen-bond acceptors (Lipinski definition) is 5. The Morgan fingerprint density at radius 2 is 1.97 bits per heavy atom. The second kappa shape index (κ2) is 7.17. The molecular weight excluding hydrogens is 417 g/mol. The Kier molecular flexibility index (Phi) is 4.44. The molecule has 0 aliphatic carbocycles. The maximum atomic E-state index is 14.1. The molecule has 3 heterocycles. The highest BCUT2D eigenvalue weighted by molar-refractivity contribution is 7.13. The summed E-state index contributed by atoms with van der Waals surface area (Å²) in [7, 11) is 3.53. The van der Waals surface area contributed by atoms with Gasteiger partial charge in [0, 0.05) is 34.3 Å². The number of hydrogen-bond donors (Lipinski definition) is 1. The molecule has 2 aromatic carbocycles. The Hall–Kier alpha value is -3.78. The molecule has 31 heavy (non-hydrogen) atoms. The van der Waals surface area contributed by atoms with Gasteiger partial charge >= 0.3 is 5.97 Å². The number of carbonyl (C=O) groups is 1. The lowest BCUT2D eigenvalue weighted by molar-refractivity contribution is 0.0690.